The number of hydrogen-bond acceptors (Lipinski definition) is 1. The molecule has 0 aliphatic heterocycles. The standard InChI is InChI=1S/C13H11F2OP.2ClH.Ti/c1-8-2-4-11(16)13(6-8)17-12-5-3-9(14)7-10(12)15;;;/h2-7,16-17H,1H3;2*1H;/q;;;+2/p-2. The van der Waals surface area contributed by atoms with Gasteiger partial charge >= 0.3 is 35.6 Å². The summed E-state index contributed by atoms with van der Waals surface area (Å²) in [6.45, 7) is 1.90. The third kappa shape index (κ3) is 5.67. The van der Waals surface area contributed by atoms with Crippen LogP contribution in [-0.2, 0) is 17.0 Å². The molecule has 0 aliphatic carbocycles. The molecule has 0 amide bonds. The van der Waals surface area contributed by atoms with E-state index in [0.29, 0.717) is 10.6 Å². The number of phenolic OH excluding ortho intramolecular Hbond substituents is 1. The Labute approximate surface area is 134 Å². The molecular weight excluding hydrogens is 360 g/mol. The zero-order chi connectivity index (χ0) is 15.1. The van der Waals surface area contributed by atoms with Gasteiger partial charge in [0.2, 0.25) is 0 Å². The summed E-state index contributed by atoms with van der Waals surface area (Å²) in [5.74, 6) is -1.04. The van der Waals surface area contributed by atoms with Crippen molar-refractivity contribution in [2.75, 3.05) is 0 Å². The van der Waals surface area contributed by atoms with E-state index in [1.54, 1.807) is 18.2 Å². The van der Waals surface area contributed by atoms with Gasteiger partial charge in [0.25, 0.3) is 0 Å². The van der Waals surface area contributed by atoms with Crippen LogP contribution in [0.1, 0.15) is 5.56 Å². The van der Waals surface area contributed by atoms with Gasteiger partial charge in [0.15, 0.2) is 0 Å². The van der Waals surface area contributed by atoms with E-state index in [1.165, 1.54) is 12.1 Å². The molecule has 0 bridgehead atoms. The van der Waals surface area contributed by atoms with Crippen molar-refractivity contribution in [2.24, 2.45) is 0 Å². The molecule has 2 rings (SSSR count). The number of hydrogen-bond donors (Lipinski definition) is 1. The van der Waals surface area contributed by atoms with E-state index in [0.717, 1.165) is 11.6 Å². The number of aryl methyl sites for hydroxylation is 1. The molecule has 0 aliphatic rings. The van der Waals surface area contributed by atoms with Crippen LogP contribution in [0, 0.1) is 18.6 Å². The summed E-state index contributed by atoms with van der Waals surface area (Å²) in [4.78, 5) is 0. The molecule has 2 aromatic carbocycles. The van der Waals surface area contributed by atoms with Crippen molar-refractivity contribution in [3.8, 4) is 5.75 Å². The van der Waals surface area contributed by atoms with Crippen LogP contribution < -0.4 is 10.6 Å². The normalized spacial score (nSPS) is 10.2. The average Bonchev–Trinajstić information content (AvgIpc) is 2.38. The molecule has 1 nitrogen and oxygen atoms in total. The van der Waals surface area contributed by atoms with Gasteiger partial charge in [-0.2, -0.15) is 0 Å². The first-order valence-corrected chi connectivity index (χ1v) is 10.8. The van der Waals surface area contributed by atoms with Crippen molar-refractivity contribution in [1.29, 1.82) is 0 Å². The zero-order valence-corrected chi connectivity index (χ0v) is 14.5. The summed E-state index contributed by atoms with van der Waals surface area (Å²) < 4.78 is 26.2. The summed E-state index contributed by atoms with van der Waals surface area (Å²) in [7, 11) is 9.75. The molecule has 0 radical (unpaired) electrons. The van der Waals surface area contributed by atoms with Gasteiger partial charge in [0, 0.05) is 16.7 Å². The van der Waals surface area contributed by atoms with Gasteiger partial charge in [-0.1, -0.05) is 20.2 Å². The maximum absolute atomic E-state index is 13.5. The second-order valence-corrected chi connectivity index (χ2v) is 7.75. The van der Waals surface area contributed by atoms with Crippen LogP contribution in [0.15, 0.2) is 36.4 Å². The second-order valence-electron chi connectivity index (χ2n) is 3.84. The molecule has 106 valence electrons. The second kappa shape index (κ2) is 8.97. The number of rotatable bonds is 2. The van der Waals surface area contributed by atoms with E-state index in [4.69, 9.17) is 18.6 Å². The molecule has 1 unspecified atom stereocenters. The maximum atomic E-state index is 13.5. The molecule has 0 saturated carbocycles. The third-order valence-corrected chi connectivity index (χ3v) is 3.70. The van der Waals surface area contributed by atoms with Gasteiger partial charge in [-0.05, 0) is 31.2 Å². The summed E-state index contributed by atoms with van der Waals surface area (Å²) >= 11 is -0.556. The molecule has 0 heterocycles. The first kappa shape index (κ1) is 17.9. The molecular formula is C13H11Cl2F2OPTi. The Hall–Kier alpha value is -0.176. The monoisotopic (exact) mass is 370 g/mol. The molecule has 20 heavy (non-hydrogen) atoms. The predicted octanol–water partition coefficient (Wildman–Crippen LogP) is 3.98. The minimum atomic E-state index is -0.593. The van der Waals surface area contributed by atoms with Gasteiger partial charge in [-0.3, -0.25) is 0 Å². The molecule has 0 saturated heterocycles. The fraction of sp³-hybridized carbons (Fsp3) is 0.0769. The average molecular weight is 371 g/mol. The fourth-order valence-electron chi connectivity index (χ4n) is 1.49. The first-order chi connectivity index (χ1) is 9.47. The van der Waals surface area contributed by atoms with Gasteiger partial charge in [0.1, 0.15) is 17.4 Å². The van der Waals surface area contributed by atoms with Gasteiger partial charge in [-0.25, -0.2) is 8.78 Å². The fourth-order valence-corrected chi connectivity index (χ4v) is 2.65. The van der Waals surface area contributed by atoms with Crippen LogP contribution in [0.3, 0.4) is 0 Å². The van der Waals surface area contributed by atoms with Crippen LogP contribution >= 0.6 is 27.2 Å². The summed E-state index contributed by atoms with van der Waals surface area (Å²) in [6.07, 6.45) is 0. The zero-order valence-electron chi connectivity index (χ0n) is 10.4. The van der Waals surface area contributed by atoms with Crippen molar-refractivity contribution in [3.05, 3.63) is 53.6 Å². The first-order valence-electron chi connectivity index (χ1n) is 5.46. The van der Waals surface area contributed by atoms with E-state index in [2.05, 4.69) is 0 Å². The van der Waals surface area contributed by atoms with Crippen LogP contribution in [0.25, 0.3) is 0 Å². The predicted molar refractivity (Wildman–Crippen MR) is 78.5 cm³/mol. The Kier molecular flexibility index (Phi) is 8.01. The molecule has 1 atom stereocenters. The van der Waals surface area contributed by atoms with E-state index in [9.17, 15) is 13.9 Å². The minimum absolute atomic E-state index is 0.0245. The summed E-state index contributed by atoms with van der Waals surface area (Å²) in [5.41, 5.74) is 0.993. The number of phenols is 1. The summed E-state index contributed by atoms with van der Waals surface area (Å²) in [5, 5.41) is 10.7. The van der Waals surface area contributed by atoms with E-state index >= 15 is 0 Å². The van der Waals surface area contributed by atoms with Crippen molar-refractivity contribution in [3.63, 3.8) is 0 Å². The van der Waals surface area contributed by atoms with Crippen LogP contribution in [0.2, 0.25) is 0 Å². The van der Waals surface area contributed by atoms with Crippen molar-refractivity contribution in [1.82, 2.24) is 0 Å². The van der Waals surface area contributed by atoms with E-state index in [-0.39, 0.29) is 14.3 Å². The van der Waals surface area contributed by atoms with Crippen LogP contribution in [-0.4, -0.2) is 5.11 Å². The molecule has 2 aromatic rings. The number of benzene rings is 2. The van der Waals surface area contributed by atoms with Crippen molar-refractivity contribution >= 4 is 37.8 Å². The molecule has 1 N–H and O–H groups in total. The quantitative estimate of drug-likeness (QED) is 0.626. The summed E-state index contributed by atoms with van der Waals surface area (Å²) in [6, 6.07) is 8.65. The Morgan fingerprint density at radius 1 is 1.05 bits per heavy atom. The third-order valence-electron chi connectivity index (χ3n) is 2.35. The van der Waals surface area contributed by atoms with E-state index < -0.39 is 28.7 Å². The molecule has 0 spiro atoms. The number of halogens is 4. The van der Waals surface area contributed by atoms with Gasteiger partial charge in [0.05, 0.1) is 0 Å². The van der Waals surface area contributed by atoms with Crippen molar-refractivity contribution < 1.29 is 30.9 Å². The Morgan fingerprint density at radius 2 is 1.70 bits per heavy atom. The molecule has 0 aromatic heterocycles. The van der Waals surface area contributed by atoms with Gasteiger partial charge in [-0.15, -0.1) is 0 Å². The van der Waals surface area contributed by atoms with Crippen molar-refractivity contribution in [2.45, 2.75) is 6.92 Å². The van der Waals surface area contributed by atoms with Gasteiger partial charge < -0.3 is 5.11 Å². The SMILES string of the molecule is Cc1ccc(O)c(Pc2ccc(F)cc2F)c1.[Cl][Ti][Cl]. The van der Waals surface area contributed by atoms with E-state index in [1.807, 2.05) is 6.92 Å². The molecule has 7 heteroatoms. The van der Waals surface area contributed by atoms with Crippen LogP contribution in [0.4, 0.5) is 8.78 Å². The molecule has 0 fully saturated rings. The topological polar surface area (TPSA) is 20.2 Å². The Bertz CT molecular complexity index is 584. The Morgan fingerprint density at radius 3 is 2.30 bits per heavy atom. The Balaban J connectivity index is 0.000000612. The number of aromatic hydroxyl groups is 1. The van der Waals surface area contributed by atoms with Crippen LogP contribution in [0.5, 0.6) is 5.75 Å².